The van der Waals surface area contributed by atoms with Crippen LogP contribution < -0.4 is 0 Å². The van der Waals surface area contributed by atoms with Crippen LogP contribution in [-0.4, -0.2) is 26.6 Å². The fraction of sp³-hybridized carbons (Fsp3) is 0. The molecular weight excluding hydrogens is 384 g/mol. The summed E-state index contributed by atoms with van der Waals surface area (Å²) < 4.78 is 9.84. The second-order valence-corrected chi connectivity index (χ2v) is 5.79. The molecule has 2 aromatic carbocycles. The van der Waals surface area contributed by atoms with Crippen LogP contribution in [0.5, 0.6) is 0 Å². The van der Waals surface area contributed by atoms with Gasteiger partial charge in [0.15, 0.2) is 11.5 Å². The lowest BCUT2D eigenvalue weighted by Gasteiger charge is -1.95. The number of hydrogen-bond acceptors (Lipinski definition) is 6. The molecule has 140 valence electrons. The maximum atomic E-state index is 11.0. The Bertz CT molecular complexity index is 986. The van der Waals surface area contributed by atoms with Gasteiger partial charge in [-0.15, -0.1) is 0 Å². The summed E-state index contributed by atoms with van der Waals surface area (Å²) in [6, 6.07) is 18.2. The molecule has 0 aliphatic heterocycles. The van der Waals surface area contributed by atoms with Crippen LogP contribution >= 0.6 is 11.6 Å². The lowest BCUT2D eigenvalue weighted by molar-refractivity contribution is 0.0697. The second-order valence-electron chi connectivity index (χ2n) is 5.45. The fourth-order valence-corrected chi connectivity index (χ4v) is 2.50. The normalized spacial score (nSPS) is 10.0. The predicted molar refractivity (Wildman–Crippen MR) is 101 cm³/mol. The Kier molecular flexibility index (Phi) is 5.98. The van der Waals surface area contributed by atoms with Crippen molar-refractivity contribution in [2.45, 2.75) is 0 Å². The van der Waals surface area contributed by atoms with Gasteiger partial charge in [0.2, 0.25) is 0 Å². The van der Waals surface area contributed by atoms with E-state index in [-0.39, 0.29) is 16.9 Å². The summed E-state index contributed by atoms with van der Waals surface area (Å²) in [7, 11) is 0. The third kappa shape index (κ3) is 4.33. The zero-order valence-electron chi connectivity index (χ0n) is 14.3. The van der Waals surface area contributed by atoms with E-state index in [4.69, 9.17) is 25.8 Å². The number of carboxylic acids is 1. The topological polar surface area (TPSA) is 106 Å². The molecule has 0 unspecified atom stereocenters. The van der Waals surface area contributed by atoms with E-state index in [1.165, 1.54) is 12.4 Å². The monoisotopic (exact) mass is 396 g/mol. The van der Waals surface area contributed by atoms with Crippen molar-refractivity contribution in [2.24, 2.45) is 0 Å². The first kappa shape index (κ1) is 19.1. The molecule has 0 aliphatic rings. The van der Waals surface area contributed by atoms with Gasteiger partial charge in [-0.05, 0) is 11.6 Å². The van der Waals surface area contributed by atoms with E-state index < -0.39 is 11.2 Å². The van der Waals surface area contributed by atoms with Crippen molar-refractivity contribution >= 4 is 22.8 Å². The first-order chi connectivity index (χ1) is 13.6. The molecule has 0 spiro atoms. The predicted octanol–water partition coefficient (Wildman–Crippen LogP) is 4.76. The number of carbonyl (C=O) groups excluding carboxylic acids is 1. The van der Waals surface area contributed by atoms with Crippen molar-refractivity contribution in [1.29, 1.82) is 0 Å². The Morgan fingerprint density at radius 2 is 1.18 bits per heavy atom. The second kappa shape index (κ2) is 8.79. The van der Waals surface area contributed by atoms with Crippen LogP contribution in [0.4, 0.5) is 0 Å². The molecule has 1 N–H and O–H groups in total. The van der Waals surface area contributed by atoms with E-state index in [0.29, 0.717) is 11.3 Å². The molecule has 8 heteroatoms. The Morgan fingerprint density at radius 1 is 0.750 bits per heavy atom. The average Bonchev–Trinajstić information content (AvgIpc) is 3.40. The van der Waals surface area contributed by atoms with E-state index in [9.17, 15) is 9.59 Å². The lowest BCUT2D eigenvalue weighted by Crippen LogP contribution is -1.95. The quantitative estimate of drug-likeness (QED) is 0.495. The van der Waals surface area contributed by atoms with Crippen LogP contribution in [-0.2, 0) is 0 Å². The highest BCUT2D eigenvalue weighted by Gasteiger charge is 2.16. The van der Waals surface area contributed by atoms with E-state index in [2.05, 4.69) is 10.3 Å². The lowest BCUT2D eigenvalue weighted by atomic mass is 10.1. The minimum atomic E-state index is -1.04. The van der Waals surface area contributed by atoms with Gasteiger partial charge in [-0.3, -0.25) is 4.79 Å². The summed E-state index contributed by atoms with van der Waals surface area (Å²) in [6.07, 6.45) is 2.52. The van der Waals surface area contributed by atoms with Gasteiger partial charge in [-0.25, -0.2) is 4.79 Å². The maximum absolute atomic E-state index is 11.0. The van der Waals surface area contributed by atoms with Crippen molar-refractivity contribution in [1.82, 2.24) is 10.3 Å². The summed E-state index contributed by atoms with van der Waals surface area (Å²) in [4.78, 5) is 21.7. The van der Waals surface area contributed by atoms with Crippen LogP contribution in [0.15, 0.2) is 82.1 Å². The molecule has 0 radical (unpaired) electrons. The summed E-state index contributed by atoms with van der Waals surface area (Å²) in [6.45, 7) is 0. The number of aromatic nitrogens is 2. The average molecular weight is 397 g/mol. The molecule has 0 aliphatic carbocycles. The summed E-state index contributed by atoms with van der Waals surface area (Å²) >= 11 is 5.36. The van der Waals surface area contributed by atoms with Gasteiger partial charge >= 0.3 is 5.97 Å². The summed E-state index contributed by atoms with van der Waals surface area (Å²) in [5.74, 6) is -0.339. The summed E-state index contributed by atoms with van der Waals surface area (Å²) in [5, 5.41) is 15.3. The van der Waals surface area contributed by atoms with Gasteiger partial charge in [0, 0.05) is 11.1 Å². The minimum absolute atomic E-state index is 0.0798. The molecule has 2 aromatic heterocycles. The van der Waals surface area contributed by atoms with Gasteiger partial charge in [-0.1, -0.05) is 71.0 Å². The van der Waals surface area contributed by atoms with E-state index in [0.717, 1.165) is 5.56 Å². The van der Waals surface area contributed by atoms with Crippen molar-refractivity contribution in [3.63, 3.8) is 0 Å². The maximum Gasteiger partial charge on any atom is 0.341 e. The SMILES string of the molecule is O=C(Cl)c1cnoc1-c1ccccc1.O=C(O)c1cnoc1-c1ccccc1. The Morgan fingerprint density at radius 3 is 1.61 bits per heavy atom. The van der Waals surface area contributed by atoms with E-state index >= 15 is 0 Å². The van der Waals surface area contributed by atoms with Gasteiger partial charge in [0.05, 0.1) is 12.4 Å². The number of rotatable bonds is 4. The summed E-state index contributed by atoms with van der Waals surface area (Å²) in [5.41, 5.74) is 1.87. The number of carboxylic acid groups (broad SMARTS) is 1. The fourth-order valence-electron chi connectivity index (χ4n) is 2.37. The van der Waals surface area contributed by atoms with Crippen LogP contribution in [0.3, 0.4) is 0 Å². The standard InChI is InChI=1S/C10H6ClNO2.C10H7NO3/c11-10(13)8-6-12-14-9(8)7-4-2-1-3-5-7;12-10(13)8-6-11-14-9(8)7-4-2-1-3-5-7/h1-6H;1-6H,(H,12,13). The van der Waals surface area contributed by atoms with Crippen LogP contribution in [0.1, 0.15) is 20.7 Å². The molecule has 4 aromatic rings. The third-order valence-electron chi connectivity index (χ3n) is 3.65. The first-order valence-electron chi connectivity index (χ1n) is 8.01. The smallest absolute Gasteiger partial charge is 0.341 e. The molecule has 0 saturated heterocycles. The van der Waals surface area contributed by atoms with Gasteiger partial charge in [0.25, 0.3) is 5.24 Å². The molecule has 0 amide bonds. The molecule has 0 fully saturated rings. The number of halogens is 1. The highest BCUT2D eigenvalue weighted by atomic mass is 35.5. The molecular formula is C20H13ClN2O5. The van der Waals surface area contributed by atoms with Crippen molar-refractivity contribution in [3.05, 3.63) is 84.2 Å². The third-order valence-corrected chi connectivity index (χ3v) is 3.86. The zero-order chi connectivity index (χ0) is 19.9. The molecule has 0 bridgehead atoms. The van der Waals surface area contributed by atoms with Gasteiger partial charge in [-0.2, -0.15) is 0 Å². The Hall–Kier alpha value is -3.71. The van der Waals surface area contributed by atoms with Crippen molar-refractivity contribution in [2.75, 3.05) is 0 Å². The molecule has 4 rings (SSSR count). The van der Waals surface area contributed by atoms with E-state index in [1.807, 2.05) is 48.5 Å². The zero-order valence-corrected chi connectivity index (χ0v) is 15.0. The highest BCUT2D eigenvalue weighted by molar-refractivity contribution is 6.68. The first-order valence-corrected chi connectivity index (χ1v) is 8.39. The Balaban J connectivity index is 0.000000161. The van der Waals surface area contributed by atoms with Crippen molar-refractivity contribution < 1.29 is 23.7 Å². The highest BCUT2D eigenvalue weighted by Crippen LogP contribution is 2.24. The minimum Gasteiger partial charge on any atom is -0.477 e. The van der Waals surface area contributed by atoms with Crippen LogP contribution in [0.2, 0.25) is 0 Å². The molecule has 7 nitrogen and oxygen atoms in total. The Labute approximate surface area is 164 Å². The van der Waals surface area contributed by atoms with Gasteiger partial charge < -0.3 is 14.2 Å². The van der Waals surface area contributed by atoms with Gasteiger partial charge in [0.1, 0.15) is 11.1 Å². The number of carbonyl (C=O) groups is 2. The van der Waals surface area contributed by atoms with Crippen LogP contribution in [0.25, 0.3) is 22.6 Å². The largest absolute Gasteiger partial charge is 0.477 e. The molecule has 28 heavy (non-hydrogen) atoms. The van der Waals surface area contributed by atoms with Crippen LogP contribution in [0, 0.1) is 0 Å². The number of hydrogen-bond donors (Lipinski definition) is 1. The number of benzene rings is 2. The molecule has 2 heterocycles. The van der Waals surface area contributed by atoms with E-state index in [1.54, 1.807) is 12.1 Å². The molecule has 0 saturated carbocycles. The number of aromatic carboxylic acids is 1. The number of nitrogens with zero attached hydrogens (tertiary/aromatic N) is 2. The molecule has 0 atom stereocenters. The van der Waals surface area contributed by atoms with Crippen molar-refractivity contribution in [3.8, 4) is 22.6 Å².